The Morgan fingerprint density at radius 3 is 2.47 bits per heavy atom. The van der Waals surface area contributed by atoms with Crippen LogP contribution in [0.1, 0.15) is 11.1 Å². The average Bonchev–Trinajstić information content (AvgIpc) is 2.76. The molecule has 0 atom stereocenters. The van der Waals surface area contributed by atoms with Crippen LogP contribution in [-0.4, -0.2) is 63.8 Å². The molecule has 0 amide bonds. The number of rotatable bonds is 9. The van der Waals surface area contributed by atoms with E-state index in [1.54, 1.807) is 21.3 Å². The topological polar surface area (TPSA) is 71.0 Å². The van der Waals surface area contributed by atoms with E-state index in [0.717, 1.165) is 18.1 Å². The number of pyridine rings is 1. The van der Waals surface area contributed by atoms with Gasteiger partial charge in [-0.15, -0.1) is 24.0 Å². The molecule has 0 saturated heterocycles. The number of halogens is 4. The molecule has 0 unspecified atom stereocenters. The molecule has 2 rings (SSSR count). The third-order valence-corrected chi connectivity index (χ3v) is 4.57. The quantitative estimate of drug-likeness (QED) is 0.208. The fraction of sp³-hybridized carbons (Fsp3) is 0.429. The highest BCUT2D eigenvalue weighted by atomic mass is 127. The molecule has 0 saturated carbocycles. The summed E-state index contributed by atoms with van der Waals surface area (Å²) in [5, 5.41) is 5.86. The summed E-state index contributed by atoms with van der Waals surface area (Å²) in [7, 11) is 6.73. The minimum atomic E-state index is -4.45. The summed E-state index contributed by atoms with van der Waals surface area (Å²) in [6.07, 6.45) is -2.38. The van der Waals surface area contributed by atoms with Gasteiger partial charge in [0, 0.05) is 39.9 Å². The zero-order valence-corrected chi connectivity index (χ0v) is 20.8. The molecule has 1 heterocycles. The third-order valence-electron chi connectivity index (χ3n) is 4.57. The van der Waals surface area contributed by atoms with E-state index in [0.29, 0.717) is 30.5 Å². The maximum absolute atomic E-state index is 13.0. The van der Waals surface area contributed by atoms with Crippen LogP contribution < -0.4 is 20.1 Å². The van der Waals surface area contributed by atoms with E-state index >= 15 is 0 Å². The highest BCUT2D eigenvalue weighted by Crippen LogP contribution is 2.33. The molecule has 7 nitrogen and oxygen atoms in total. The summed E-state index contributed by atoms with van der Waals surface area (Å²) in [5.74, 6) is 1.79. The van der Waals surface area contributed by atoms with Gasteiger partial charge in [0.05, 0.1) is 19.8 Å². The molecular weight excluding hydrogens is 538 g/mol. The fourth-order valence-corrected chi connectivity index (χ4v) is 2.95. The van der Waals surface area contributed by atoms with Crippen LogP contribution in [-0.2, 0) is 12.6 Å². The SMILES string of the molecule is CN=C(NCCNc1ncccc1C(F)(F)F)N(C)CCc1ccc(OC)c(OC)c1.I. The van der Waals surface area contributed by atoms with Gasteiger partial charge in [-0.25, -0.2) is 4.98 Å². The smallest absolute Gasteiger partial charge is 0.419 e. The van der Waals surface area contributed by atoms with E-state index in [9.17, 15) is 13.2 Å². The van der Waals surface area contributed by atoms with Gasteiger partial charge >= 0.3 is 6.18 Å². The maximum Gasteiger partial charge on any atom is 0.419 e. The number of likely N-dealkylation sites (N-methyl/N-ethyl adjacent to an activating group) is 1. The van der Waals surface area contributed by atoms with Crippen LogP contribution in [0.25, 0.3) is 0 Å². The zero-order chi connectivity index (χ0) is 22.9. The van der Waals surface area contributed by atoms with Gasteiger partial charge < -0.3 is 25.0 Å². The van der Waals surface area contributed by atoms with Crippen molar-refractivity contribution in [1.29, 1.82) is 0 Å². The molecule has 11 heteroatoms. The first kappa shape index (κ1) is 27.6. The van der Waals surface area contributed by atoms with Crippen LogP contribution in [0, 0.1) is 0 Å². The van der Waals surface area contributed by atoms with Crippen molar-refractivity contribution in [2.75, 3.05) is 53.3 Å². The number of hydrogen-bond donors (Lipinski definition) is 2. The predicted octanol–water partition coefficient (Wildman–Crippen LogP) is 3.90. The van der Waals surface area contributed by atoms with Crippen LogP contribution in [0.2, 0.25) is 0 Å². The Hall–Kier alpha value is -2.44. The fourth-order valence-electron chi connectivity index (χ4n) is 2.95. The zero-order valence-electron chi connectivity index (χ0n) is 18.5. The number of anilines is 1. The van der Waals surface area contributed by atoms with Gasteiger partial charge in [0.15, 0.2) is 17.5 Å². The molecule has 0 aliphatic carbocycles. The Kier molecular flexibility index (Phi) is 11.4. The first-order chi connectivity index (χ1) is 14.8. The van der Waals surface area contributed by atoms with E-state index in [1.165, 1.54) is 12.3 Å². The van der Waals surface area contributed by atoms with Crippen molar-refractivity contribution >= 4 is 35.8 Å². The molecule has 0 aliphatic rings. The molecule has 2 aromatic rings. The van der Waals surface area contributed by atoms with E-state index in [2.05, 4.69) is 20.6 Å². The molecular formula is C21H29F3IN5O2. The van der Waals surface area contributed by atoms with E-state index in [4.69, 9.17) is 9.47 Å². The number of guanidine groups is 1. The van der Waals surface area contributed by atoms with E-state index in [-0.39, 0.29) is 36.3 Å². The standard InChI is InChI=1S/C21H28F3N5O2.HI/c1-25-20(28-12-11-27-19-16(21(22,23)24)6-5-10-26-19)29(2)13-9-15-7-8-17(30-3)18(14-15)31-4;/h5-8,10,14H,9,11-13H2,1-4H3,(H,25,28)(H,26,27);1H. The molecule has 1 aromatic carbocycles. The van der Waals surface area contributed by atoms with Crippen molar-refractivity contribution in [1.82, 2.24) is 15.2 Å². The van der Waals surface area contributed by atoms with Gasteiger partial charge in [-0.2, -0.15) is 13.2 Å². The number of benzene rings is 1. The molecule has 1 aromatic heterocycles. The van der Waals surface area contributed by atoms with Crippen LogP contribution in [0.4, 0.5) is 19.0 Å². The summed E-state index contributed by atoms with van der Waals surface area (Å²) in [5.41, 5.74) is 0.294. The first-order valence-corrected chi connectivity index (χ1v) is 9.69. The molecule has 0 aliphatic heterocycles. The molecule has 178 valence electrons. The lowest BCUT2D eigenvalue weighted by molar-refractivity contribution is -0.137. The third kappa shape index (κ3) is 7.92. The summed E-state index contributed by atoms with van der Waals surface area (Å²) >= 11 is 0. The van der Waals surface area contributed by atoms with E-state index in [1.807, 2.05) is 30.1 Å². The van der Waals surface area contributed by atoms with Gasteiger partial charge in [-0.05, 0) is 36.2 Å². The largest absolute Gasteiger partial charge is 0.493 e. The number of nitrogens with one attached hydrogen (secondary N) is 2. The summed E-state index contributed by atoms with van der Waals surface area (Å²) in [6, 6.07) is 8.03. The summed E-state index contributed by atoms with van der Waals surface area (Å²) in [6.45, 7) is 1.31. The average molecular weight is 567 g/mol. The van der Waals surface area contributed by atoms with Crippen molar-refractivity contribution < 1.29 is 22.6 Å². The molecule has 0 fully saturated rings. The Balaban J connectivity index is 0.00000512. The second-order valence-corrected chi connectivity index (χ2v) is 6.66. The number of nitrogens with zero attached hydrogens (tertiary/aromatic N) is 3. The van der Waals surface area contributed by atoms with Crippen molar-refractivity contribution in [2.24, 2.45) is 4.99 Å². The van der Waals surface area contributed by atoms with Gasteiger partial charge in [0.25, 0.3) is 0 Å². The molecule has 0 spiro atoms. The minimum absolute atomic E-state index is 0. The normalized spacial score (nSPS) is 11.4. The Labute approximate surface area is 203 Å². The Morgan fingerprint density at radius 2 is 1.84 bits per heavy atom. The highest BCUT2D eigenvalue weighted by molar-refractivity contribution is 14.0. The monoisotopic (exact) mass is 567 g/mol. The van der Waals surface area contributed by atoms with Crippen molar-refractivity contribution in [3.05, 3.63) is 47.7 Å². The van der Waals surface area contributed by atoms with Crippen LogP contribution >= 0.6 is 24.0 Å². The summed E-state index contributed by atoms with van der Waals surface area (Å²) < 4.78 is 49.6. The molecule has 0 radical (unpaired) electrons. The van der Waals surface area contributed by atoms with Gasteiger partial charge in [0.1, 0.15) is 5.82 Å². The van der Waals surface area contributed by atoms with Crippen LogP contribution in [0.5, 0.6) is 11.5 Å². The molecule has 0 bridgehead atoms. The number of alkyl halides is 3. The number of hydrogen-bond acceptors (Lipinski definition) is 5. The minimum Gasteiger partial charge on any atom is -0.493 e. The first-order valence-electron chi connectivity index (χ1n) is 9.69. The molecule has 2 N–H and O–H groups in total. The van der Waals surface area contributed by atoms with E-state index < -0.39 is 11.7 Å². The van der Waals surface area contributed by atoms with Crippen molar-refractivity contribution in [2.45, 2.75) is 12.6 Å². The Morgan fingerprint density at radius 1 is 1.12 bits per heavy atom. The number of methoxy groups -OCH3 is 2. The number of ether oxygens (including phenoxy) is 2. The van der Waals surface area contributed by atoms with Crippen molar-refractivity contribution in [3.63, 3.8) is 0 Å². The lowest BCUT2D eigenvalue weighted by Gasteiger charge is -2.22. The molecule has 32 heavy (non-hydrogen) atoms. The lowest BCUT2D eigenvalue weighted by Crippen LogP contribution is -2.41. The van der Waals surface area contributed by atoms with Crippen LogP contribution in [0.3, 0.4) is 0 Å². The second kappa shape index (κ2) is 13.2. The Bertz CT molecular complexity index is 881. The van der Waals surface area contributed by atoms with Crippen LogP contribution in [0.15, 0.2) is 41.5 Å². The second-order valence-electron chi connectivity index (χ2n) is 6.66. The van der Waals surface area contributed by atoms with Crippen molar-refractivity contribution in [3.8, 4) is 11.5 Å². The van der Waals surface area contributed by atoms with Gasteiger partial charge in [-0.3, -0.25) is 4.99 Å². The number of aromatic nitrogens is 1. The lowest BCUT2D eigenvalue weighted by atomic mass is 10.1. The summed E-state index contributed by atoms with van der Waals surface area (Å²) in [4.78, 5) is 9.96. The number of aliphatic imine (C=N–C) groups is 1. The predicted molar refractivity (Wildman–Crippen MR) is 130 cm³/mol. The van der Waals surface area contributed by atoms with Gasteiger partial charge in [-0.1, -0.05) is 6.07 Å². The van der Waals surface area contributed by atoms with Gasteiger partial charge in [0.2, 0.25) is 0 Å². The maximum atomic E-state index is 13.0. The highest BCUT2D eigenvalue weighted by Gasteiger charge is 2.33.